The standard InChI is InChI=1S/C11H10ClN3/c1-8-2-4-9(5-3-8)14-11-7-13-6-10(12)15-11/h2-7H,1H3,(H,14,15). The summed E-state index contributed by atoms with van der Waals surface area (Å²) in [7, 11) is 0. The average molecular weight is 220 g/mol. The van der Waals surface area contributed by atoms with Gasteiger partial charge in [-0.2, -0.15) is 0 Å². The molecule has 1 heterocycles. The van der Waals surface area contributed by atoms with Gasteiger partial charge in [0, 0.05) is 5.69 Å². The van der Waals surface area contributed by atoms with E-state index in [-0.39, 0.29) is 0 Å². The van der Waals surface area contributed by atoms with Crippen LogP contribution >= 0.6 is 11.6 Å². The largest absolute Gasteiger partial charge is 0.339 e. The van der Waals surface area contributed by atoms with Gasteiger partial charge in [0.25, 0.3) is 0 Å². The first-order chi connectivity index (χ1) is 7.24. The topological polar surface area (TPSA) is 37.8 Å². The lowest BCUT2D eigenvalue weighted by Crippen LogP contribution is -1.94. The number of nitrogens with one attached hydrogen (secondary N) is 1. The van der Waals surface area contributed by atoms with Gasteiger partial charge in [-0.1, -0.05) is 29.3 Å². The highest BCUT2D eigenvalue weighted by molar-refractivity contribution is 6.29. The van der Waals surface area contributed by atoms with Crippen molar-refractivity contribution in [3.63, 3.8) is 0 Å². The molecule has 1 aromatic carbocycles. The number of rotatable bonds is 2. The van der Waals surface area contributed by atoms with Gasteiger partial charge in [0.1, 0.15) is 5.15 Å². The number of aryl methyl sites for hydroxylation is 1. The van der Waals surface area contributed by atoms with E-state index in [1.165, 1.54) is 11.8 Å². The fraction of sp³-hybridized carbons (Fsp3) is 0.0909. The Balaban J connectivity index is 2.18. The van der Waals surface area contributed by atoms with Gasteiger partial charge in [-0.3, -0.25) is 4.98 Å². The van der Waals surface area contributed by atoms with E-state index in [4.69, 9.17) is 11.6 Å². The maximum absolute atomic E-state index is 5.72. The summed E-state index contributed by atoms with van der Waals surface area (Å²) in [5, 5.41) is 3.50. The maximum atomic E-state index is 5.72. The Bertz CT molecular complexity index is 454. The van der Waals surface area contributed by atoms with Crippen LogP contribution in [0.2, 0.25) is 5.15 Å². The van der Waals surface area contributed by atoms with Crippen LogP contribution in [0.5, 0.6) is 0 Å². The Labute approximate surface area is 93.1 Å². The highest BCUT2D eigenvalue weighted by Crippen LogP contribution is 2.15. The summed E-state index contributed by atoms with van der Waals surface area (Å²) in [5.74, 6) is 0.645. The Morgan fingerprint density at radius 1 is 1.13 bits per heavy atom. The Hall–Kier alpha value is -1.61. The van der Waals surface area contributed by atoms with E-state index in [0.717, 1.165) is 5.69 Å². The van der Waals surface area contributed by atoms with Gasteiger partial charge in [0.2, 0.25) is 0 Å². The number of benzene rings is 1. The van der Waals surface area contributed by atoms with Crippen LogP contribution in [-0.2, 0) is 0 Å². The van der Waals surface area contributed by atoms with Crippen molar-refractivity contribution < 1.29 is 0 Å². The molecule has 0 bridgehead atoms. The van der Waals surface area contributed by atoms with Gasteiger partial charge in [0.15, 0.2) is 5.82 Å². The second-order valence-electron chi connectivity index (χ2n) is 3.22. The Kier molecular flexibility index (Phi) is 2.83. The summed E-state index contributed by atoms with van der Waals surface area (Å²) in [6, 6.07) is 8.02. The van der Waals surface area contributed by atoms with E-state index in [0.29, 0.717) is 11.0 Å². The van der Waals surface area contributed by atoms with E-state index in [1.807, 2.05) is 31.2 Å². The zero-order chi connectivity index (χ0) is 10.7. The third-order valence-electron chi connectivity index (χ3n) is 1.93. The summed E-state index contributed by atoms with van der Waals surface area (Å²) < 4.78 is 0. The molecular weight excluding hydrogens is 210 g/mol. The third-order valence-corrected chi connectivity index (χ3v) is 2.11. The minimum atomic E-state index is 0.382. The molecule has 0 atom stereocenters. The van der Waals surface area contributed by atoms with Gasteiger partial charge < -0.3 is 5.32 Å². The van der Waals surface area contributed by atoms with Crippen molar-refractivity contribution in [3.05, 3.63) is 47.4 Å². The van der Waals surface area contributed by atoms with E-state index in [2.05, 4.69) is 15.3 Å². The molecule has 2 aromatic rings. The zero-order valence-electron chi connectivity index (χ0n) is 8.24. The highest BCUT2D eigenvalue weighted by Gasteiger charge is 1.97. The van der Waals surface area contributed by atoms with Gasteiger partial charge >= 0.3 is 0 Å². The normalized spacial score (nSPS) is 10.0. The highest BCUT2D eigenvalue weighted by atomic mass is 35.5. The number of halogens is 1. The number of aromatic nitrogens is 2. The quantitative estimate of drug-likeness (QED) is 0.843. The molecule has 0 fully saturated rings. The fourth-order valence-corrected chi connectivity index (χ4v) is 1.33. The van der Waals surface area contributed by atoms with Crippen molar-refractivity contribution in [2.45, 2.75) is 6.92 Å². The van der Waals surface area contributed by atoms with Gasteiger partial charge in [-0.25, -0.2) is 4.98 Å². The van der Waals surface area contributed by atoms with Crippen LogP contribution in [0.4, 0.5) is 11.5 Å². The first-order valence-corrected chi connectivity index (χ1v) is 4.93. The smallest absolute Gasteiger partial charge is 0.150 e. The number of hydrogen-bond acceptors (Lipinski definition) is 3. The van der Waals surface area contributed by atoms with Gasteiger partial charge in [0.05, 0.1) is 12.4 Å². The second kappa shape index (κ2) is 4.28. The molecule has 0 radical (unpaired) electrons. The van der Waals surface area contributed by atoms with Crippen LogP contribution < -0.4 is 5.32 Å². The molecule has 0 aliphatic carbocycles. The molecule has 1 N–H and O–H groups in total. The predicted molar refractivity (Wildman–Crippen MR) is 61.5 cm³/mol. The average Bonchev–Trinajstić information content (AvgIpc) is 2.22. The fourth-order valence-electron chi connectivity index (χ4n) is 1.19. The molecule has 0 aliphatic heterocycles. The van der Waals surface area contributed by atoms with Gasteiger partial charge in [-0.15, -0.1) is 0 Å². The molecule has 0 aliphatic rings. The molecule has 15 heavy (non-hydrogen) atoms. The molecule has 0 saturated heterocycles. The van der Waals surface area contributed by atoms with E-state index >= 15 is 0 Å². The van der Waals surface area contributed by atoms with Crippen molar-refractivity contribution in [1.29, 1.82) is 0 Å². The third kappa shape index (κ3) is 2.67. The molecule has 3 nitrogen and oxygen atoms in total. The number of hydrogen-bond donors (Lipinski definition) is 1. The molecule has 4 heteroatoms. The van der Waals surface area contributed by atoms with Crippen molar-refractivity contribution >= 4 is 23.1 Å². The number of nitrogens with zero attached hydrogens (tertiary/aromatic N) is 2. The number of anilines is 2. The first kappa shape index (κ1) is 9.93. The Morgan fingerprint density at radius 2 is 1.87 bits per heavy atom. The van der Waals surface area contributed by atoms with Crippen LogP contribution in [-0.4, -0.2) is 9.97 Å². The summed E-state index contributed by atoms with van der Waals surface area (Å²) in [6.45, 7) is 2.04. The van der Waals surface area contributed by atoms with Crippen LogP contribution in [0.15, 0.2) is 36.7 Å². The van der Waals surface area contributed by atoms with Crippen LogP contribution in [0.1, 0.15) is 5.56 Å². The van der Waals surface area contributed by atoms with E-state index < -0.39 is 0 Å². The SMILES string of the molecule is Cc1ccc(Nc2cncc(Cl)n2)cc1. The van der Waals surface area contributed by atoms with Gasteiger partial charge in [-0.05, 0) is 19.1 Å². The minimum absolute atomic E-state index is 0.382. The molecular formula is C11H10ClN3. The van der Waals surface area contributed by atoms with Crippen molar-refractivity contribution in [1.82, 2.24) is 9.97 Å². The summed E-state index contributed by atoms with van der Waals surface area (Å²) in [4.78, 5) is 8.02. The van der Waals surface area contributed by atoms with Crippen molar-refractivity contribution in [2.24, 2.45) is 0 Å². The summed E-state index contributed by atoms with van der Waals surface area (Å²) >= 11 is 5.72. The molecule has 2 rings (SSSR count). The first-order valence-electron chi connectivity index (χ1n) is 4.55. The molecule has 0 saturated carbocycles. The zero-order valence-corrected chi connectivity index (χ0v) is 8.99. The Morgan fingerprint density at radius 3 is 2.53 bits per heavy atom. The van der Waals surface area contributed by atoms with E-state index in [1.54, 1.807) is 6.20 Å². The molecule has 0 amide bonds. The molecule has 1 aromatic heterocycles. The van der Waals surface area contributed by atoms with Crippen molar-refractivity contribution in [2.75, 3.05) is 5.32 Å². The maximum Gasteiger partial charge on any atom is 0.150 e. The summed E-state index contributed by atoms with van der Waals surface area (Å²) in [6.07, 6.45) is 3.13. The second-order valence-corrected chi connectivity index (χ2v) is 3.61. The lowest BCUT2D eigenvalue weighted by atomic mass is 10.2. The van der Waals surface area contributed by atoms with Crippen molar-refractivity contribution in [3.8, 4) is 0 Å². The molecule has 0 spiro atoms. The molecule has 76 valence electrons. The predicted octanol–water partition coefficient (Wildman–Crippen LogP) is 3.18. The molecule has 0 unspecified atom stereocenters. The van der Waals surface area contributed by atoms with E-state index in [9.17, 15) is 0 Å². The minimum Gasteiger partial charge on any atom is -0.339 e. The summed E-state index contributed by atoms with van der Waals surface area (Å²) in [5.41, 5.74) is 2.19. The van der Waals surface area contributed by atoms with Crippen LogP contribution in [0, 0.1) is 6.92 Å². The van der Waals surface area contributed by atoms with Crippen LogP contribution in [0.25, 0.3) is 0 Å². The lowest BCUT2D eigenvalue weighted by Gasteiger charge is -2.04. The monoisotopic (exact) mass is 219 g/mol. The van der Waals surface area contributed by atoms with Crippen LogP contribution in [0.3, 0.4) is 0 Å². The lowest BCUT2D eigenvalue weighted by molar-refractivity contribution is 1.20.